The molecule has 0 bridgehead atoms. The number of benzene rings is 1. The second kappa shape index (κ2) is 8.14. The van der Waals surface area contributed by atoms with E-state index >= 15 is 0 Å². The molecule has 0 aliphatic carbocycles. The first-order chi connectivity index (χ1) is 13.0. The highest BCUT2D eigenvalue weighted by Crippen LogP contribution is 2.36. The fourth-order valence-electron chi connectivity index (χ4n) is 2.21. The van der Waals surface area contributed by atoms with Crippen LogP contribution in [0.2, 0.25) is 5.02 Å². The number of ether oxygens (including phenoxy) is 1. The van der Waals surface area contributed by atoms with Gasteiger partial charge in [0.25, 0.3) is 0 Å². The summed E-state index contributed by atoms with van der Waals surface area (Å²) in [6.45, 7) is 0. The molecule has 0 aliphatic heterocycles. The van der Waals surface area contributed by atoms with Crippen molar-refractivity contribution in [3.63, 3.8) is 0 Å². The van der Waals surface area contributed by atoms with E-state index in [4.69, 9.17) is 16.3 Å². The van der Waals surface area contributed by atoms with Gasteiger partial charge in [0, 0.05) is 15.7 Å². The Hall–Kier alpha value is -2.98. The predicted octanol–water partition coefficient (Wildman–Crippen LogP) is 4.69. The Morgan fingerprint density at radius 1 is 1.15 bits per heavy atom. The van der Waals surface area contributed by atoms with E-state index in [2.05, 4.69) is 41.5 Å². The number of hydrogen-bond acceptors (Lipinski definition) is 8. The summed E-state index contributed by atoms with van der Waals surface area (Å²) in [4.78, 5) is 23.2. The number of halogens is 2. The zero-order valence-corrected chi connectivity index (χ0v) is 16.2. The van der Waals surface area contributed by atoms with Crippen molar-refractivity contribution in [2.45, 2.75) is 0 Å². The molecule has 1 aromatic carbocycles. The fraction of sp³-hybridized carbons (Fsp3) is 0.0625. The SMILES string of the molecule is COc1ccc(Cl)cc1Nc1ncnc(Nc2ccc(Br)cn2)c1[N+](=O)[O-]. The summed E-state index contributed by atoms with van der Waals surface area (Å²) in [6.07, 6.45) is 2.76. The molecule has 0 atom stereocenters. The van der Waals surface area contributed by atoms with Gasteiger partial charge in [-0.1, -0.05) is 11.6 Å². The van der Waals surface area contributed by atoms with Gasteiger partial charge in [0.05, 0.1) is 17.7 Å². The van der Waals surface area contributed by atoms with Crippen molar-refractivity contribution in [2.75, 3.05) is 17.7 Å². The lowest BCUT2D eigenvalue weighted by atomic mass is 10.3. The number of nitrogens with one attached hydrogen (secondary N) is 2. The molecule has 2 aromatic heterocycles. The van der Waals surface area contributed by atoms with E-state index in [1.165, 1.54) is 13.4 Å². The first-order valence-corrected chi connectivity index (χ1v) is 8.63. The molecule has 3 rings (SSSR count). The monoisotopic (exact) mass is 450 g/mol. The van der Waals surface area contributed by atoms with Crippen molar-refractivity contribution >= 4 is 56.4 Å². The number of methoxy groups -OCH3 is 1. The van der Waals surface area contributed by atoms with E-state index < -0.39 is 4.92 Å². The molecule has 9 nitrogen and oxygen atoms in total. The molecule has 0 fully saturated rings. The van der Waals surface area contributed by atoms with Crippen molar-refractivity contribution in [2.24, 2.45) is 0 Å². The van der Waals surface area contributed by atoms with Crippen LogP contribution in [0.5, 0.6) is 5.75 Å². The smallest absolute Gasteiger partial charge is 0.353 e. The third kappa shape index (κ3) is 4.41. The molecule has 0 amide bonds. The van der Waals surface area contributed by atoms with E-state index in [0.29, 0.717) is 22.3 Å². The van der Waals surface area contributed by atoms with Gasteiger partial charge in [-0.25, -0.2) is 15.0 Å². The average Bonchev–Trinajstić information content (AvgIpc) is 2.64. The van der Waals surface area contributed by atoms with Gasteiger partial charge in [0.2, 0.25) is 11.6 Å². The lowest BCUT2D eigenvalue weighted by Gasteiger charge is -2.12. The molecule has 0 spiro atoms. The molecular weight excluding hydrogens is 440 g/mol. The van der Waals surface area contributed by atoms with Gasteiger partial charge in [0.15, 0.2) is 0 Å². The Bertz CT molecular complexity index is 986. The Labute approximate surface area is 167 Å². The summed E-state index contributed by atoms with van der Waals surface area (Å²) in [5.41, 5.74) is 0.0868. The number of pyridine rings is 1. The molecule has 0 unspecified atom stereocenters. The van der Waals surface area contributed by atoms with Gasteiger partial charge < -0.3 is 15.4 Å². The standard InChI is InChI=1S/C16H12BrClN6O3/c1-27-12-4-3-10(18)6-11(12)22-15-14(24(25)26)16(21-8-20-15)23-13-5-2-9(17)7-19-13/h2-8H,1H3,(H2,19,20,21,22,23). The summed E-state index contributed by atoms with van der Waals surface area (Å²) >= 11 is 9.29. The summed E-state index contributed by atoms with van der Waals surface area (Å²) in [5, 5.41) is 17.8. The number of aromatic nitrogens is 3. The minimum Gasteiger partial charge on any atom is -0.495 e. The molecule has 27 heavy (non-hydrogen) atoms. The normalized spacial score (nSPS) is 10.3. The van der Waals surface area contributed by atoms with Crippen molar-refractivity contribution < 1.29 is 9.66 Å². The zero-order chi connectivity index (χ0) is 19.4. The van der Waals surface area contributed by atoms with E-state index in [1.807, 2.05) is 0 Å². The maximum absolute atomic E-state index is 11.7. The van der Waals surface area contributed by atoms with Crippen LogP contribution in [0.25, 0.3) is 0 Å². The third-order valence-electron chi connectivity index (χ3n) is 3.39. The average molecular weight is 452 g/mol. The number of nitro groups is 1. The lowest BCUT2D eigenvalue weighted by Crippen LogP contribution is -2.06. The van der Waals surface area contributed by atoms with Crippen molar-refractivity contribution in [3.8, 4) is 5.75 Å². The molecule has 3 aromatic rings. The Kier molecular flexibility index (Phi) is 5.67. The van der Waals surface area contributed by atoms with Crippen molar-refractivity contribution in [3.05, 3.63) is 62.5 Å². The van der Waals surface area contributed by atoms with E-state index in [0.717, 1.165) is 4.47 Å². The topological polar surface area (TPSA) is 115 Å². The zero-order valence-electron chi connectivity index (χ0n) is 13.8. The van der Waals surface area contributed by atoms with Gasteiger partial charge in [-0.2, -0.15) is 0 Å². The van der Waals surface area contributed by atoms with Gasteiger partial charge >= 0.3 is 5.69 Å². The molecular formula is C16H12BrClN6O3. The summed E-state index contributed by atoms with van der Waals surface area (Å²) in [6, 6.07) is 8.27. The molecule has 138 valence electrons. The molecule has 0 saturated carbocycles. The Morgan fingerprint density at radius 2 is 1.89 bits per heavy atom. The summed E-state index contributed by atoms with van der Waals surface area (Å²) < 4.78 is 6.02. The molecule has 2 N–H and O–H groups in total. The van der Waals surface area contributed by atoms with Crippen LogP contribution in [0.1, 0.15) is 0 Å². The van der Waals surface area contributed by atoms with E-state index in [-0.39, 0.29) is 17.3 Å². The van der Waals surface area contributed by atoms with Crippen LogP contribution in [0.15, 0.2) is 47.3 Å². The van der Waals surface area contributed by atoms with Gasteiger partial charge in [-0.3, -0.25) is 10.1 Å². The third-order valence-corrected chi connectivity index (χ3v) is 4.10. The summed E-state index contributed by atoms with van der Waals surface area (Å²) in [7, 11) is 1.48. The van der Waals surface area contributed by atoms with Crippen molar-refractivity contribution in [1.29, 1.82) is 0 Å². The molecule has 2 heterocycles. The first-order valence-electron chi connectivity index (χ1n) is 7.46. The van der Waals surface area contributed by atoms with Gasteiger partial charge in [-0.15, -0.1) is 0 Å². The molecule has 0 radical (unpaired) electrons. The fourth-order valence-corrected chi connectivity index (χ4v) is 2.62. The van der Waals surface area contributed by atoms with Crippen molar-refractivity contribution in [1.82, 2.24) is 15.0 Å². The number of anilines is 4. The highest BCUT2D eigenvalue weighted by Gasteiger charge is 2.24. The predicted molar refractivity (Wildman–Crippen MR) is 105 cm³/mol. The van der Waals surface area contributed by atoms with Gasteiger partial charge in [0.1, 0.15) is 17.9 Å². The number of nitrogens with zero attached hydrogens (tertiary/aromatic N) is 4. The van der Waals surface area contributed by atoms with E-state index in [1.54, 1.807) is 36.5 Å². The number of hydrogen-bond donors (Lipinski definition) is 2. The van der Waals surface area contributed by atoms with Crippen LogP contribution in [-0.4, -0.2) is 27.0 Å². The first kappa shape index (κ1) is 18.8. The minimum atomic E-state index is -0.583. The lowest BCUT2D eigenvalue weighted by molar-refractivity contribution is -0.383. The molecule has 0 saturated heterocycles. The second-order valence-corrected chi connectivity index (χ2v) is 6.48. The van der Waals surface area contributed by atoms with Crippen LogP contribution in [0.4, 0.5) is 28.8 Å². The molecule has 0 aliphatic rings. The van der Waals surface area contributed by atoms with Crippen LogP contribution in [-0.2, 0) is 0 Å². The van der Waals surface area contributed by atoms with Crippen LogP contribution in [0.3, 0.4) is 0 Å². The summed E-state index contributed by atoms with van der Waals surface area (Å²) in [5.74, 6) is 0.825. The Balaban J connectivity index is 2.00. The second-order valence-electron chi connectivity index (χ2n) is 5.13. The van der Waals surface area contributed by atoms with Gasteiger partial charge in [-0.05, 0) is 46.3 Å². The highest BCUT2D eigenvalue weighted by atomic mass is 79.9. The van der Waals surface area contributed by atoms with E-state index in [9.17, 15) is 10.1 Å². The van der Waals surface area contributed by atoms with Crippen LogP contribution in [0, 0.1) is 10.1 Å². The van der Waals surface area contributed by atoms with Crippen LogP contribution < -0.4 is 15.4 Å². The molecule has 11 heteroatoms. The Morgan fingerprint density at radius 3 is 2.52 bits per heavy atom. The maximum atomic E-state index is 11.7. The maximum Gasteiger partial charge on any atom is 0.353 e. The number of rotatable bonds is 6. The largest absolute Gasteiger partial charge is 0.495 e. The highest BCUT2D eigenvalue weighted by molar-refractivity contribution is 9.10. The quantitative estimate of drug-likeness (QED) is 0.409. The van der Waals surface area contributed by atoms with Crippen LogP contribution >= 0.6 is 27.5 Å². The minimum absolute atomic E-state index is 0.00619.